The molecule has 2 aliphatic rings. The number of hydrogen-bond donors (Lipinski definition) is 1. The minimum absolute atomic E-state index is 0.0655. The highest BCUT2D eigenvalue weighted by Crippen LogP contribution is 2.28. The Labute approximate surface area is 210 Å². The minimum atomic E-state index is -0.0655. The molecule has 1 atom stereocenters. The molecule has 8 heteroatoms. The van der Waals surface area contributed by atoms with Crippen LogP contribution in [-0.4, -0.2) is 61.4 Å². The Bertz CT molecular complexity index is 1130. The van der Waals surface area contributed by atoms with E-state index in [-0.39, 0.29) is 12.0 Å². The normalized spacial score (nSPS) is 17.9. The zero-order valence-corrected chi connectivity index (χ0v) is 20.5. The summed E-state index contributed by atoms with van der Waals surface area (Å²) < 4.78 is 11.1. The van der Waals surface area contributed by atoms with Crippen molar-refractivity contribution in [3.8, 4) is 11.3 Å². The number of aromatic nitrogens is 2. The highest BCUT2D eigenvalue weighted by atomic mass is 32.2. The van der Waals surface area contributed by atoms with Crippen molar-refractivity contribution in [2.75, 3.05) is 44.4 Å². The number of benzene rings is 2. The first-order valence-electron chi connectivity index (χ1n) is 12.1. The van der Waals surface area contributed by atoms with E-state index in [0.717, 1.165) is 60.3 Å². The highest BCUT2D eigenvalue weighted by Gasteiger charge is 2.18. The summed E-state index contributed by atoms with van der Waals surface area (Å²) >= 11 is 1.58. The molecule has 0 spiro atoms. The van der Waals surface area contributed by atoms with Gasteiger partial charge in [0.2, 0.25) is 0 Å². The first-order chi connectivity index (χ1) is 17.2. The van der Waals surface area contributed by atoms with Gasteiger partial charge in [-0.3, -0.25) is 4.79 Å². The van der Waals surface area contributed by atoms with Gasteiger partial charge in [-0.05, 0) is 30.5 Å². The molecule has 35 heavy (non-hydrogen) atoms. The number of morpholine rings is 1. The maximum atomic E-state index is 12.6. The summed E-state index contributed by atoms with van der Waals surface area (Å²) in [5.74, 6) is 1.53. The topological polar surface area (TPSA) is 76.6 Å². The number of ether oxygens (including phenoxy) is 2. The van der Waals surface area contributed by atoms with Crippen LogP contribution in [0.3, 0.4) is 0 Å². The number of rotatable bonds is 8. The molecule has 2 fully saturated rings. The van der Waals surface area contributed by atoms with Crippen LogP contribution in [0.4, 0.5) is 5.82 Å². The fourth-order valence-electron chi connectivity index (χ4n) is 4.25. The number of amides is 1. The molecule has 3 aromatic rings. The third-order valence-corrected chi connectivity index (χ3v) is 7.09. The third-order valence-electron chi connectivity index (χ3n) is 6.17. The molecule has 1 aromatic heterocycles. The molecule has 0 bridgehead atoms. The van der Waals surface area contributed by atoms with Crippen LogP contribution in [0, 0.1) is 0 Å². The second-order valence-corrected chi connectivity index (χ2v) is 9.64. The Balaban J connectivity index is 1.29. The lowest BCUT2D eigenvalue weighted by atomic mass is 10.1. The van der Waals surface area contributed by atoms with Crippen LogP contribution in [0.15, 0.2) is 65.8 Å². The Morgan fingerprint density at radius 3 is 2.69 bits per heavy atom. The van der Waals surface area contributed by atoms with E-state index >= 15 is 0 Å². The summed E-state index contributed by atoms with van der Waals surface area (Å²) in [5, 5.41) is 3.72. The van der Waals surface area contributed by atoms with Crippen LogP contribution < -0.4 is 10.2 Å². The summed E-state index contributed by atoms with van der Waals surface area (Å²) in [4.78, 5) is 24.6. The van der Waals surface area contributed by atoms with Crippen molar-refractivity contribution in [3.05, 3.63) is 71.8 Å². The van der Waals surface area contributed by atoms with Gasteiger partial charge < -0.3 is 19.7 Å². The second kappa shape index (κ2) is 11.7. The first kappa shape index (κ1) is 23.8. The lowest BCUT2D eigenvalue weighted by Crippen LogP contribution is -2.36. The smallest absolute Gasteiger partial charge is 0.251 e. The van der Waals surface area contributed by atoms with Gasteiger partial charge in [0, 0.05) is 49.2 Å². The molecule has 7 nitrogen and oxygen atoms in total. The summed E-state index contributed by atoms with van der Waals surface area (Å²) in [7, 11) is 0. The largest absolute Gasteiger partial charge is 0.378 e. The number of carbonyl (C=O) groups is 1. The van der Waals surface area contributed by atoms with Gasteiger partial charge in [0.05, 0.1) is 25.0 Å². The molecule has 0 saturated carbocycles. The van der Waals surface area contributed by atoms with Gasteiger partial charge >= 0.3 is 0 Å². The monoisotopic (exact) mass is 490 g/mol. The lowest BCUT2D eigenvalue weighted by Gasteiger charge is -2.28. The molecule has 3 heterocycles. The van der Waals surface area contributed by atoms with Gasteiger partial charge in [-0.15, -0.1) is 0 Å². The molecule has 0 aliphatic carbocycles. The summed E-state index contributed by atoms with van der Waals surface area (Å²) in [6.07, 6.45) is 2.20. The summed E-state index contributed by atoms with van der Waals surface area (Å²) in [6.45, 7) is 4.39. The number of nitrogens with one attached hydrogen (secondary N) is 1. The van der Waals surface area contributed by atoms with E-state index in [0.29, 0.717) is 31.1 Å². The van der Waals surface area contributed by atoms with Crippen molar-refractivity contribution in [1.82, 2.24) is 15.3 Å². The predicted molar refractivity (Wildman–Crippen MR) is 138 cm³/mol. The Hall–Kier alpha value is -2.94. The number of carbonyl (C=O) groups excluding carboxylic acids is 1. The van der Waals surface area contributed by atoms with Crippen LogP contribution in [0.1, 0.15) is 28.8 Å². The quantitative estimate of drug-likeness (QED) is 0.375. The van der Waals surface area contributed by atoms with Crippen LogP contribution >= 0.6 is 11.8 Å². The minimum Gasteiger partial charge on any atom is -0.378 e. The first-order valence-corrected chi connectivity index (χ1v) is 13.1. The van der Waals surface area contributed by atoms with Crippen molar-refractivity contribution >= 4 is 23.5 Å². The van der Waals surface area contributed by atoms with Crippen LogP contribution in [0.2, 0.25) is 0 Å². The average Bonchev–Trinajstić information content (AvgIpc) is 3.45. The molecule has 1 unspecified atom stereocenters. The number of hydrogen-bond acceptors (Lipinski definition) is 7. The van der Waals surface area contributed by atoms with E-state index in [9.17, 15) is 4.79 Å². The molecule has 0 radical (unpaired) electrons. The van der Waals surface area contributed by atoms with Gasteiger partial charge in [-0.1, -0.05) is 54.2 Å². The zero-order valence-electron chi connectivity index (χ0n) is 19.7. The van der Waals surface area contributed by atoms with Gasteiger partial charge in [0.1, 0.15) is 5.82 Å². The number of nitrogens with zero attached hydrogens (tertiary/aromatic N) is 3. The molecule has 2 aromatic carbocycles. The third kappa shape index (κ3) is 6.39. The van der Waals surface area contributed by atoms with Crippen LogP contribution in [0.25, 0.3) is 11.3 Å². The molecule has 1 N–H and O–H groups in total. The van der Waals surface area contributed by atoms with Crippen molar-refractivity contribution in [1.29, 1.82) is 0 Å². The van der Waals surface area contributed by atoms with Crippen molar-refractivity contribution in [2.24, 2.45) is 0 Å². The molecular formula is C27H30N4O3S. The molecule has 182 valence electrons. The van der Waals surface area contributed by atoms with Crippen molar-refractivity contribution in [3.63, 3.8) is 0 Å². The molecule has 2 aliphatic heterocycles. The molecule has 1 amide bonds. The Morgan fingerprint density at radius 1 is 1.03 bits per heavy atom. The van der Waals surface area contributed by atoms with Gasteiger partial charge in [0.15, 0.2) is 5.16 Å². The maximum Gasteiger partial charge on any atom is 0.251 e. The van der Waals surface area contributed by atoms with Crippen LogP contribution in [0.5, 0.6) is 0 Å². The van der Waals surface area contributed by atoms with Gasteiger partial charge in [-0.2, -0.15) is 0 Å². The second-order valence-electron chi connectivity index (χ2n) is 8.69. The maximum absolute atomic E-state index is 12.6. The Kier molecular flexibility index (Phi) is 7.92. The SMILES string of the molecule is O=C(NCC1CCCO1)c1cccc(CSc2nc(-c3ccccc3)cc(N3CCOCC3)n2)c1. The van der Waals surface area contributed by atoms with Crippen molar-refractivity contribution < 1.29 is 14.3 Å². The highest BCUT2D eigenvalue weighted by molar-refractivity contribution is 7.98. The van der Waals surface area contributed by atoms with E-state index in [2.05, 4.69) is 28.4 Å². The number of anilines is 1. The summed E-state index contributed by atoms with van der Waals surface area (Å²) in [6, 6.07) is 20.0. The Morgan fingerprint density at radius 2 is 1.89 bits per heavy atom. The molecule has 5 rings (SSSR count). The molecule has 2 saturated heterocycles. The standard InChI is InChI=1S/C27H30N4O3S/c32-26(28-18-23-10-5-13-34-23)22-9-4-6-20(16-22)19-35-27-29-24(21-7-2-1-3-8-21)17-25(30-27)31-11-14-33-15-12-31/h1-4,6-9,16-17,23H,5,10-15,18-19H2,(H,28,32). The number of thioether (sulfide) groups is 1. The van der Waals surface area contributed by atoms with Gasteiger partial charge in [0.25, 0.3) is 5.91 Å². The predicted octanol–water partition coefficient (Wildman–Crippen LogP) is 4.18. The fraction of sp³-hybridized carbons (Fsp3) is 0.370. The van der Waals surface area contributed by atoms with E-state index in [1.165, 1.54) is 0 Å². The van der Waals surface area contributed by atoms with Gasteiger partial charge in [-0.25, -0.2) is 9.97 Å². The van der Waals surface area contributed by atoms with E-state index in [1.807, 2.05) is 42.5 Å². The van der Waals surface area contributed by atoms with E-state index in [1.54, 1.807) is 11.8 Å². The molecular weight excluding hydrogens is 460 g/mol. The summed E-state index contributed by atoms with van der Waals surface area (Å²) in [5.41, 5.74) is 3.69. The fourth-order valence-corrected chi connectivity index (χ4v) is 5.05. The lowest BCUT2D eigenvalue weighted by molar-refractivity contribution is 0.0857. The van der Waals surface area contributed by atoms with E-state index in [4.69, 9.17) is 19.4 Å². The van der Waals surface area contributed by atoms with E-state index < -0.39 is 0 Å². The average molecular weight is 491 g/mol. The van der Waals surface area contributed by atoms with Crippen molar-refractivity contribution in [2.45, 2.75) is 29.9 Å². The van der Waals surface area contributed by atoms with Crippen LogP contribution in [-0.2, 0) is 15.2 Å². The zero-order chi connectivity index (χ0) is 23.9.